The van der Waals surface area contributed by atoms with Crippen molar-refractivity contribution in [1.29, 1.82) is 0 Å². The minimum atomic E-state index is -0.791. The molecule has 5 rings (SSSR count). The van der Waals surface area contributed by atoms with Crippen molar-refractivity contribution in [3.05, 3.63) is 65.5 Å². The average molecular weight is 473 g/mol. The largest absolute Gasteiger partial charge is 0.395 e. The summed E-state index contributed by atoms with van der Waals surface area (Å²) in [4.78, 5) is 33.9. The summed E-state index contributed by atoms with van der Waals surface area (Å²) < 4.78 is 0. The Balaban J connectivity index is 1.77. The number of fused-ring (bicyclic) bond motifs is 1. The van der Waals surface area contributed by atoms with Gasteiger partial charge in [-0.05, 0) is 30.7 Å². The van der Waals surface area contributed by atoms with Gasteiger partial charge in [-0.2, -0.15) is 5.10 Å². The van der Waals surface area contributed by atoms with E-state index in [1.54, 1.807) is 30.7 Å². The number of halogens is 1. The van der Waals surface area contributed by atoms with Gasteiger partial charge in [-0.25, -0.2) is 24.9 Å². The lowest BCUT2D eigenvalue weighted by Crippen LogP contribution is -2.18. The highest BCUT2D eigenvalue weighted by atomic mass is 35.5. The first-order valence-electron chi connectivity index (χ1n) is 10.0. The molecule has 6 N–H and O–H groups in total. The van der Waals surface area contributed by atoms with Gasteiger partial charge in [0, 0.05) is 28.9 Å². The molecule has 0 fully saturated rings. The zero-order chi connectivity index (χ0) is 23.8. The smallest absolute Gasteiger partial charge is 0.269 e. The van der Waals surface area contributed by atoms with Crippen LogP contribution in [0.25, 0.3) is 33.5 Å². The van der Waals surface area contributed by atoms with Crippen LogP contribution in [0.4, 0.5) is 17.3 Å². The van der Waals surface area contributed by atoms with Crippen LogP contribution < -0.4 is 16.8 Å². The Labute approximate surface area is 197 Å². The maximum absolute atomic E-state index is 12.3. The topological polar surface area (TPSA) is 174 Å². The van der Waals surface area contributed by atoms with Gasteiger partial charge >= 0.3 is 0 Å². The Morgan fingerprint density at radius 1 is 1.12 bits per heavy atom. The fourth-order valence-electron chi connectivity index (χ4n) is 3.61. The van der Waals surface area contributed by atoms with Gasteiger partial charge in [0.1, 0.15) is 5.15 Å². The fraction of sp³-hybridized carbons (Fsp3) is 0.0455. The predicted octanol–water partition coefficient (Wildman–Crippen LogP) is 3.26. The fourth-order valence-corrected chi connectivity index (χ4v) is 3.77. The predicted molar refractivity (Wildman–Crippen MR) is 128 cm³/mol. The number of carbonyl (C=O) groups excluding carboxylic acids is 1. The van der Waals surface area contributed by atoms with Crippen molar-refractivity contribution in [3.63, 3.8) is 0 Å². The number of amides is 1. The van der Waals surface area contributed by atoms with Gasteiger partial charge in [0.25, 0.3) is 5.91 Å². The number of hydrogen-bond acceptors (Lipinski definition) is 9. The second-order valence-electron chi connectivity index (χ2n) is 7.36. The first-order chi connectivity index (χ1) is 16.4. The zero-order valence-corrected chi connectivity index (χ0v) is 18.5. The molecule has 0 saturated heterocycles. The molecule has 0 radical (unpaired) electrons. The molecular weight excluding hydrogens is 456 g/mol. The summed E-state index contributed by atoms with van der Waals surface area (Å²) in [5.41, 5.74) is 15.6. The number of aryl methyl sites for hydroxylation is 1. The van der Waals surface area contributed by atoms with Crippen molar-refractivity contribution in [2.24, 2.45) is 5.73 Å². The molecule has 11 nitrogen and oxygen atoms in total. The van der Waals surface area contributed by atoms with Gasteiger partial charge in [-0.1, -0.05) is 17.7 Å². The average Bonchev–Trinajstić information content (AvgIpc) is 3.30. The van der Waals surface area contributed by atoms with Gasteiger partial charge in [-0.3, -0.25) is 9.89 Å². The van der Waals surface area contributed by atoms with Crippen molar-refractivity contribution < 1.29 is 4.79 Å². The molecule has 0 unspecified atom stereocenters. The number of nitrogens with two attached hydrogens (primary N) is 2. The molecule has 168 valence electrons. The van der Waals surface area contributed by atoms with E-state index >= 15 is 0 Å². The monoisotopic (exact) mass is 472 g/mol. The third-order valence-corrected chi connectivity index (χ3v) is 5.38. The Kier molecular flexibility index (Phi) is 5.22. The van der Waals surface area contributed by atoms with Gasteiger partial charge in [0.2, 0.25) is 5.95 Å². The number of nitrogens with one attached hydrogen (secondary N) is 2. The van der Waals surface area contributed by atoms with Crippen molar-refractivity contribution in [3.8, 4) is 22.6 Å². The van der Waals surface area contributed by atoms with Crippen LogP contribution in [0.1, 0.15) is 16.1 Å². The Morgan fingerprint density at radius 3 is 2.68 bits per heavy atom. The number of aromatic amines is 1. The summed E-state index contributed by atoms with van der Waals surface area (Å²) >= 11 is 6.19. The second-order valence-corrected chi connectivity index (χ2v) is 7.75. The highest BCUT2D eigenvalue weighted by Gasteiger charge is 2.23. The summed E-state index contributed by atoms with van der Waals surface area (Å²) in [5.74, 6) is -0.293. The van der Waals surface area contributed by atoms with Crippen LogP contribution in [0.3, 0.4) is 0 Å². The van der Waals surface area contributed by atoms with E-state index in [9.17, 15) is 4.79 Å². The third kappa shape index (κ3) is 3.73. The lowest BCUT2D eigenvalue weighted by atomic mass is 9.99. The summed E-state index contributed by atoms with van der Waals surface area (Å²) in [6.07, 6.45) is 6.36. The number of nitrogens with zero attached hydrogens (tertiary/aromatic N) is 6. The molecule has 1 amide bonds. The molecule has 1 aromatic carbocycles. The van der Waals surface area contributed by atoms with Crippen LogP contribution in [0, 0.1) is 6.92 Å². The maximum atomic E-state index is 12.3. The summed E-state index contributed by atoms with van der Waals surface area (Å²) in [6, 6.07) is 7.07. The molecule has 34 heavy (non-hydrogen) atoms. The summed E-state index contributed by atoms with van der Waals surface area (Å²) in [5, 5.41) is 11.1. The van der Waals surface area contributed by atoms with E-state index in [0.717, 1.165) is 16.5 Å². The Bertz CT molecular complexity index is 1550. The van der Waals surface area contributed by atoms with E-state index in [0.29, 0.717) is 28.5 Å². The molecule has 0 aliphatic heterocycles. The highest BCUT2D eigenvalue weighted by Crippen LogP contribution is 2.37. The molecule has 0 saturated carbocycles. The molecule has 0 aliphatic rings. The molecule has 0 bridgehead atoms. The second kappa shape index (κ2) is 8.37. The van der Waals surface area contributed by atoms with Gasteiger partial charge in [0.05, 0.1) is 35.0 Å². The van der Waals surface area contributed by atoms with Crippen molar-refractivity contribution in [2.75, 3.05) is 11.1 Å². The SMILES string of the molecule is Cc1ccc2[nH]ncc2c1-c1nc(-c2cc(Cl)ncc2Nc2ncccn2)nc(C(N)=O)c1N. The number of aromatic nitrogens is 7. The van der Waals surface area contributed by atoms with Crippen molar-refractivity contribution in [1.82, 2.24) is 35.1 Å². The van der Waals surface area contributed by atoms with Crippen LogP contribution in [0.2, 0.25) is 5.15 Å². The highest BCUT2D eigenvalue weighted by molar-refractivity contribution is 6.29. The van der Waals surface area contributed by atoms with Crippen LogP contribution in [0.15, 0.2) is 49.1 Å². The normalized spacial score (nSPS) is 11.0. The quantitative estimate of drug-likeness (QED) is 0.280. The molecular formula is C22H17ClN10O. The van der Waals surface area contributed by atoms with Gasteiger partial charge in [0.15, 0.2) is 11.5 Å². The minimum Gasteiger partial charge on any atom is -0.395 e. The van der Waals surface area contributed by atoms with E-state index in [4.69, 9.17) is 28.1 Å². The van der Waals surface area contributed by atoms with E-state index in [1.165, 1.54) is 6.20 Å². The molecule has 4 aromatic heterocycles. The van der Waals surface area contributed by atoms with E-state index in [-0.39, 0.29) is 22.4 Å². The standard InChI is InChI=1S/C22H17ClN10O/c1-10-3-4-13-12(8-29-33-13)16(10)18-17(24)19(20(25)34)32-21(31-18)11-7-15(23)28-9-14(11)30-22-26-5-2-6-27-22/h2-9H,24H2,1H3,(H2,25,34)(H,29,33)(H,26,27,30). The number of benzene rings is 1. The van der Waals surface area contributed by atoms with E-state index in [1.807, 2.05) is 19.1 Å². The lowest BCUT2D eigenvalue weighted by molar-refractivity contribution is 0.0996. The molecule has 0 atom stereocenters. The number of pyridine rings is 1. The van der Waals surface area contributed by atoms with Crippen LogP contribution in [-0.2, 0) is 0 Å². The van der Waals surface area contributed by atoms with Gasteiger partial charge < -0.3 is 16.8 Å². The number of carbonyl (C=O) groups is 1. The van der Waals surface area contributed by atoms with E-state index in [2.05, 4.69) is 35.5 Å². The van der Waals surface area contributed by atoms with Crippen LogP contribution >= 0.6 is 11.6 Å². The number of H-pyrrole nitrogens is 1. The zero-order valence-electron chi connectivity index (χ0n) is 17.7. The molecule has 5 aromatic rings. The maximum Gasteiger partial charge on any atom is 0.269 e. The van der Waals surface area contributed by atoms with Crippen molar-refractivity contribution >= 4 is 45.7 Å². The molecule has 4 heterocycles. The number of anilines is 3. The summed E-state index contributed by atoms with van der Waals surface area (Å²) in [6.45, 7) is 1.91. The molecule has 0 aliphatic carbocycles. The van der Waals surface area contributed by atoms with E-state index < -0.39 is 5.91 Å². The first kappa shape index (κ1) is 21.2. The first-order valence-corrected chi connectivity index (χ1v) is 10.4. The number of hydrogen-bond donors (Lipinski definition) is 4. The third-order valence-electron chi connectivity index (χ3n) is 5.17. The number of primary amides is 1. The lowest BCUT2D eigenvalue weighted by Gasteiger charge is -2.15. The molecule has 12 heteroatoms. The van der Waals surface area contributed by atoms with Crippen LogP contribution in [0.5, 0.6) is 0 Å². The van der Waals surface area contributed by atoms with Gasteiger partial charge in [-0.15, -0.1) is 0 Å². The number of rotatable bonds is 5. The Morgan fingerprint density at radius 2 is 1.91 bits per heavy atom. The number of nitrogen functional groups attached to an aromatic ring is 1. The Hall–Kier alpha value is -4.64. The minimum absolute atomic E-state index is 0.0640. The summed E-state index contributed by atoms with van der Waals surface area (Å²) in [7, 11) is 0. The van der Waals surface area contributed by atoms with Crippen LogP contribution in [-0.4, -0.2) is 41.0 Å². The molecule has 0 spiro atoms. The van der Waals surface area contributed by atoms with Crippen molar-refractivity contribution in [2.45, 2.75) is 6.92 Å².